The molecular formula is C38H34N2. The first kappa shape index (κ1) is 26.5. The number of rotatable bonds is 9. The standard InChI is InChI=1S/C38H34N2/c1-39(2)35-26-28-37(29-27-35)40(30-38(33-18-8-4-9-19-33)34-20-10-5-11-21-34)36-24-22-32(23-25-36)17-13-12-16-31-14-6-3-7-15-31/h3-30H,1-2H3. The van der Waals surface area contributed by atoms with Crippen LogP contribution in [0.5, 0.6) is 0 Å². The molecule has 0 N–H and O–H groups in total. The molecule has 0 unspecified atom stereocenters. The van der Waals surface area contributed by atoms with Gasteiger partial charge < -0.3 is 9.80 Å². The van der Waals surface area contributed by atoms with Crippen molar-refractivity contribution in [3.8, 4) is 0 Å². The zero-order valence-corrected chi connectivity index (χ0v) is 23.1. The third-order valence-electron chi connectivity index (χ3n) is 6.73. The summed E-state index contributed by atoms with van der Waals surface area (Å²) in [5.41, 5.74) is 9.22. The molecule has 0 radical (unpaired) electrons. The van der Waals surface area contributed by atoms with Crippen LogP contribution in [-0.4, -0.2) is 14.1 Å². The van der Waals surface area contributed by atoms with Crippen molar-refractivity contribution >= 4 is 34.8 Å². The Hall–Kier alpha value is -5.08. The minimum Gasteiger partial charge on any atom is -0.378 e. The molecule has 0 spiro atoms. The Labute approximate surface area is 238 Å². The van der Waals surface area contributed by atoms with Crippen molar-refractivity contribution < 1.29 is 0 Å². The third-order valence-corrected chi connectivity index (χ3v) is 6.73. The SMILES string of the molecule is CN(C)c1ccc(N(C=C(c2ccccc2)c2ccccc2)c2ccc(C=CC=Cc3ccccc3)cc2)cc1. The summed E-state index contributed by atoms with van der Waals surface area (Å²) in [7, 11) is 4.13. The van der Waals surface area contributed by atoms with Crippen molar-refractivity contribution in [1.82, 2.24) is 0 Å². The van der Waals surface area contributed by atoms with Gasteiger partial charge in [-0.1, -0.05) is 127 Å². The smallest absolute Gasteiger partial charge is 0.0457 e. The molecule has 0 amide bonds. The Balaban J connectivity index is 1.51. The van der Waals surface area contributed by atoms with Crippen molar-refractivity contribution in [2.45, 2.75) is 0 Å². The highest BCUT2D eigenvalue weighted by molar-refractivity contribution is 5.84. The predicted octanol–water partition coefficient (Wildman–Crippen LogP) is 9.71. The molecule has 0 heterocycles. The van der Waals surface area contributed by atoms with E-state index in [2.05, 4.69) is 188 Å². The summed E-state index contributed by atoms with van der Waals surface area (Å²) in [6.07, 6.45) is 10.7. The fraction of sp³-hybridized carbons (Fsp3) is 0.0526. The maximum Gasteiger partial charge on any atom is 0.0457 e. The lowest BCUT2D eigenvalue weighted by atomic mass is 9.98. The summed E-state index contributed by atoms with van der Waals surface area (Å²) in [5, 5.41) is 0. The molecule has 0 aliphatic heterocycles. The van der Waals surface area contributed by atoms with Crippen molar-refractivity contribution in [1.29, 1.82) is 0 Å². The van der Waals surface area contributed by atoms with Crippen molar-refractivity contribution in [3.63, 3.8) is 0 Å². The fourth-order valence-corrected chi connectivity index (χ4v) is 4.53. The number of hydrogen-bond donors (Lipinski definition) is 0. The van der Waals surface area contributed by atoms with Crippen LogP contribution in [-0.2, 0) is 0 Å². The zero-order chi connectivity index (χ0) is 27.6. The topological polar surface area (TPSA) is 6.48 Å². The minimum atomic E-state index is 1.10. The minimum absolute atomic E-state index is 1.10. The Morgan fingerprint density at radius 2 is 0.850 bits per heavy atom. The highest BCUT2D eigenvalue weighted by Gasteiger charge is 2.12. The van der Waals surface area contributed by atoms with Crippen molar-refractivity contribution in [2.75, 3.05) is 23.9 Å². The number of benzene rings is 5. The lowest BCUT2D eigenvalue weighted by molar-refractivity contribution is 1.13. The summed E-state index contributed by atoms with van der Waals surface area (Å²) >= 11 is 0. The maximum atomic E-state index is 2.28. The molecule has 0 aliphatic carbocycles. The van der Waals surface area contributed by atoms with Gasteiger partial charge in [0, 0.05) is 42.9 Å². The van der Waals surface area contributed by atoms with E-state index < -0.39 is 0 Å². The Bertz CT molecular complexity index is 1520. The van der Waals surface area contributed by atoms with E-state index in [0.717, 1.165) is 22.5 Å². The van der Waals surface area contributed by atoms with Crippen LogP contribution in [0.3, 0.4) is 0 Å². The van der Waals surface area contributed by atoms with Gasteiger partial charge in [-0.25, -0.2) is 0 Å². The van der Waals surface area contributed by atoms with Gasteiger partial charge in [-0.2, -0.15) is 0 Å². The van der Waals surface area contributed by atoms with Crippen LogP contribution in [0.25, 0.3) is 17.7 Å². The summed E-state index contributed by atoms with van der Waals surface area (Å²) in [6, 6.07) is 48.9. The molecular weight excluding hydrogens is 484 g/mol. The van der Waals surface area contributed by atoms with Gasteiger partial charge in [-0.3, -0.25) is 0 Å². The molecule has 5 rings (SSSR count). The monoisotopic (exact) mass is 518 g/mol. The first-order valence-electron chi connectivity index (χ1n) is 13.6. The van der Waals surface area contributed by atoms with E-state index in [4.69, 9.17) is 0 Å². The first-order chi connectivity index (χ1) is 19.7. The van der Waals surface area contributed by atoms with Gasteiger partial charge in [0.1, 0.15) is 0 Å². The number of hydrogen-bond acceptors (Lipinski definition) is 2. The highest BCUT2D eigenvalue weighted by Crippen LogP contribution is 2.32. The van der Waals surface area contributed by atoms with E-state index in [1.165, 1.54) is 22.4 Å². The molecule has 0 atom stereocenters. The van der Waals surface area contributed by atoms with Gasteiger partial charge in [0.25, 0.3) is 0 Å². The van der Waals surface area contributed by atoms with E-state index in [9.17, 15) is 0 Å². The lowest BCUT2D eigenvalue weighted by Crippen LogP contribution is -2.12. The molecule has 2 heteroatoms. The van der Waals surface area contributed by atoms with E-state index in [1.54, 1.807) is 0 Å². The Kier molecular flexibility index (Phi) is 8.70. The lowest BCUT2D eigenvalue weighted by Gasteiger charge is -2.24. The first-order valence-corrected chi connectivity index (χ1v) is 13.6. The molecule has 196 valence electrons. The largest absolute Gasteiger partial charge is 0.378 e. The summed E-state index contributed by atoms with van der Waals surface area (Å²) in [6.45, 7) is 0. The molecule has 5 aromatic carbocycles. The fourth-order valence-electron chi connectivity index (χ4n) is 4.53. The second kappa shape index (κ2) is 13.1. The molecule has 0 bridgehead atoms. The normalized spacial score (nSPS) is 11.1. The molecule has 0 saturated carbocycles. The van der Waals surface area contributed by atoms with Crippen LogP contribution >= 0.6 is 0 Å². The summed E-state index contributed by atoms with van der Waals surface area (Å²) in [4.78, 5) is 4.40. The Morgan fingerprint density at radius 3 is 1.32 bits per heavy atom. The average molecular weight is 519 g/mol. The second-order valence-corrected chi connectivity index (χ2v) is 9.78. The van der Waals surface area contributed by atoms with Crippen LogP contribution in [0.15, 0.2) is 158 Å². The highest BCUT2D eigenvalue weighted by atomic mass is 15.1. The van der Waals surface area contributed by atoms with Crippen LogP contribution in [0.1, 0.15) is 22.3 Å². The summed E-state index contributed by atoms with van der Waals surface area (Å²) < 4.78 is 0. The molecule has 5 aromatic rings. The molecule has 0 saturated heterocycles. The molecule has 0 fully saturated rings. The van der Waals surface area contributed by atoms with Gasteiger partial charge >= 0.3 is 0 Å². The van der Waals surface area contributed by atoms with Crippen LogP contribution in [0, 0.1) is 0 Å². The third kappa shape index (κ3) is 6.86. The van der Waals surface area contributed by atoms with E-state index in [1.807, 2.05) is 6.07 Å². The van der Waals surface area contributed by atoms with Crippen LogP contribution < -0.4 is 9.80 Å². The molecule has 0 aliphatic rings. The van der Waals surface area contributed by atoms with Gasteiger partial charge in [-0.05, 0) is 58.7 Å². The van der Waals surface area contributed by atoms with Crippen molar-refractivity contribution in [2.24, 2.45) is 0 Å². The molecule has 40 heavy (non-hydrogen) atoms. The summed E-state index contributed by atoms with van der Waals surface area (Å²) in [5.74, 6) is 0. The average Bonchev–Trinajstić information content (AvgIpc) is 3.02. The Morgan fingerprint density at radius 1 is 0.450 bits per heavy atom. The van der Waals surface area contributed by atoms with Gasteiger partial charge in [0.2, 0.25) is 0 Å². The van der Waals surface area contributed by atoms with E-state index in [0.29, 0.717) is 0 Å². The maximum absolute atomic E-state index is 2.28. The van der Waals surface area contributed by atoms with E-state index in [-0.39, 0.29) is 0 Å². The number of nitrogens with zero attached hydrogens (tertiary/aromatic N) is 2. The van der Waals surface area contributed by atoms with Crippen molar-refractivity contribution in [3.05, 3.63) is 180 Å². The number of anilines is 3. The number of allylic oxidation sites excluding steroid dienone is 2. The van der Waals surface area contributed by atoms with Gasteiger partial charge in [0.05, 0.1) is 0 Å². The predicted molar refractivity (Wildman–Crippen MR) is 174 cm³/mol. The molecule has 2 nitrogen and oxygen atoms in total. The zero-order valence-electron chi connectivity index (χ0n) is 23.1. The van der Waals surface area contributed by atoms with E-state index >= 15 is 0 Å². The van der Waals surface area contributed by atoms with Gasteiger partial charge in [0.15, 0.2) is 0 Å². The van der Waals surface area contributed by atoms with Crippen LogP contribution in [0.4, 0.5) is 17.1 Å². The quantitative estimate of drug-likeness (QED) is 0.179. The molecule has 0 aromatic heterocycles. The van der Waals surface area contributed by atoms with Crippen LogP contribution in [0.2, 0.25) is 0 Å². The van der Waals surface area contributed by atoms with Gasteiger partial charge in [-0.15, -0.1) is 0 Å². The second-order valence-electron chi connectivity index (χ2n) is 9.78.